The molecule has 0 radical (unpaired) electrons. The van der Waals surface area contributed by atoms with E-state index >= 15 is 0 Å². The molecule has 0 aliphatic rings. The Hall–Kier alpha value is -1.59. The van der Waals surface area contributed by atoms with Crippen LogP contribution in [0.3, 0.4) is 0 Å². The van der Waals surface area contributed by atoms with Gasteiger partial charge in [0.05, 0.1) is 10.4 Å². The van der Waals surface area contributed by atoms with E-state index in [1.165, 1.54) is 10.4 Å². The summed E-state index contributed by atoms with van der Waals surface area (Å²) in [6.45, 7) is 2.16. The molecular formula is C16H16BrN3S. The van der Waals surface area contributed by atoms with Crippen molar-refractivity contribution in [1.82, 2.24) is 9.78 Å². The summed E-state index contributed by atoms with van der Waals surface area (Å²) in [7, 11) is 1.89. The van der Waals surface area contributed by atoms with Gasteiger partial charge >= 0.3 is 0 Å². The van der Waals surface area contributed by atoms with E-state index in [9.17, 15) is 0 Å². The lowest BCUT2D eigenvalue weighted by atomic mass is 10.0. The van der Waals surface area contributed by atoms with Crippen LogP contribution in [-0.4, -0.2) is 9.78 Å². The largest absolute Gasteiger partial charge is 0.383 e. The maximum atomic E-state index is 6.27. The van der Waals surface area contributed by atoms with E-state index in [0.29, 0.717) is 5.82 Å². The quantitative estimate of drug-likeness (QED) is 0.733. The van der Waals surface area contributed by atoms with E-state index < -0.39 is 0 Å². The maximum absolute atomic E-state index is 6.27. The molecule has 2 N–H and O–H groups in total. The van der Waals surface area contributed by atoms with Crippen molar-refractivity contribution in [2.75, 3.05) is 5.73 Å². The topological polar surface area (TPSA) is 43.8 Å². The molecule has 3 rings (SSSR count). The highest BCUT2D eigenvalue weighted by Crippen LogP contribution is 2.40. The van der Waals surface area contributed by atoms with Crippen LogP contribution in [-0.2, 0) is 13.5 Å². The highest BCUT2D eigenvalue weighted by molar-refractivity contribution is 9.10. The average molecular weight is 362 g/mol. The zero-order valence-electron chi connectivity index (χ0n) is 11.9. The van der Waals surface area contributed by atoms with E-state index in [4.69, 9.17) is 5.73 Å². The SMILES string of the molecule is CCc1ccsc1-c1nn(C)c(N)c1-c1cccc(Br)c1. The molecule has 3 aromatic rings. The maximum Gasteiger partial charge on any atom is 0.129 e. The number of hydrogen-bond acceptors (Lipinski definition) is 3. The van der Waals surface area contributed by atoms with E-state index in [1.807, 2.05) is 19.2 Å². The third-order valence-corrected chi connectivity index (χ3v) is 5.00. The van der Waals surface area contributed by atoms with E-state index in [0.717, 1.165) is 27.7 Å². The van der Waals surface area contributed by atoms with Gasteiger partial charge in [-0.25, -0.2) is 0 Å². The first-order chi connectivity index (χ1) is 10.1. The molecule has 2 aromatic heterocycles. The van der Waals surface area contributed by atoms with Crippen molar-refractivity contribution in [2.24, 2.45) is 7.05 Å². The van der Waals surface area contributed by atoms with Gasteiger partial charge in [0.1, 0.15) is 11.5 Å². The molecule has 1 aromatic carbocycles. The first kappa shape index (κ1) is 14.4. The second kappa shape index (κ2) is 5.66. The van der Waals surface area contributed by atoms with Crippen LogP contribution in [0.2, 0.25) is 0 Å². The number of rotatable bonds is 3. The normalized spacial score (nSPS) is 11.0. The molecule has 0 saturated heterocycles. The summed E-state index contributed by atoms with van der Waals surface area (Å²) in [5.74, 6) is 0.693. The molecule has 0 atom stereocenters. The number of anilines is 1. The first-order valence-corrected chi connectivity index (χ1v) is 8.44. The van der Waals surface area contributed by atoms with Crippen molar-refractivity contribution in [3.8, 4) is 21.7 Å². The number of nitrogen functional groups attached to an aromatic ring is 1. The Kier molecular flexibility index (Phi) is 3.87. The Bertz CT molecular complexity index is 789. The fourth-order valence-electron chi connectivity index (χ4n) is 2.45. The summed E-state index contributed by atoms with van der Waals surface area (Å²) in [6.07, 6.45) is 0.993. The summed E-state index contributed by atoms with van der Waals surface area (Å²) in [5, 5.41) is 6.77. The predicted octanol–water partition coefficient (Wildman–Crippen LogP) is 4.72. The van der Waals surface area contributed by atoms with Crippen LogP contribution in [0.5, 0.6) is 0 Å². The number of thiophene rings is 1. The molecule has 2 heterocycles. The van der Waals surface area contributed by atoms with Crippen LogP contribution in [0, 0.1) is 0 Å². The van der Waals surface area contributed by atoms with Crippen LogP contribution < -0.4 is 5.73 Å². The minimum Gasteiger partial charge on any atom is -0.383 e. The van der Waals surface area contributed by atoms with E-state index in [1.54, 1.807) is 16.0 Å². The van der Waals surface area contributed by atoms with Crippen LogP contribution in [0.25, 0.3) is 21.7 Å². The van der Waals surface area contributed by atoms with Crippen molar-refractivity contribution >= 4 is 33.1 Å². The van der Waals surface area contributed by atoms with Crippen LogP contribution in [0.15, 0.2) is 40.2 Å². The molecule has 0 spiro atoms. The summed E-state index contributed by atoms with van der Waals surface area (Å²) < 4.78 is 2.79. The van der Waals surface area contributed by atoms with Gasteiger partial charge < -0.3 is 5.73 Å². The monoisotopic (exact) mass is 361 g/mol. The summed E-state index contributed by atoms with van der Waals surface area (Å²) in [4.78, 5) is 1.21. The van der Waals surface area contributed by atoms with Crippen molar-refractivity contribution in [3.05, 3.63) is 45.7 Å². The average Bonchev–Trinajstić information content (AvgIpc) is 3.04. The van der Waals surface area contributed by atoms with Gasteiger partial charge in [-0.3, -0.25) is 4.68 Å². The number of aryl methyl sites for hydroxylation is 2. The zero-order chi connectivity index (χ0) is 15.0. The molecule has 0 fully saturated rings. The number of aromatic nitrogens is 2. The molecule has 0 aliphatic carbocycles. The first-order valence-electron chi connectivity index (χ1n) is 6.77. The fourth-order valence-corrected chi connectivity index (χ4v) is 3.83. The Labute approximate surface area is 136 Å². The number of nitrogens with zero attached hydrogens (tertiary/aromatic N) is 2. The van der Waals surface area contributed by atoms with Crippen molar-refractivity contribution < 1.29 is 0 Å². The second-order valence-electron chi connectivity index (χ2n) is 4.87. The van der Waals surface area contributed by atoms with Gasteiger partial charge in [0, 0.05) is 11.5 Å². The van der Waals surface area contributed by atoms with Crippen molar-refractivity contribution in [3.63, 3.8) is 0 Å². The lowest BCUT2D eigenvalue weighted by molar-refractivity contribution is 0.782. The Morgan fingerprint density at radius 3 is 2.86 bits per heavy atom. The van der Waals surface area contributed by atoms with E-state index in [2.05, 4.69) is 51.5 Å². The number of hydrogen-bond donors (Lipinski definition) is 1. The van der Waals surface area contributed by atoms with Gasteiger partial charge in [0.2, 0.25) is 0 Å². The molecule has 108 valence electrons. The lowest BCUT2D eigenvalue weighted by Crippen LogP contribution is -1.97. The van der Waals surface area contributed by atoms with Crippen LogP contribution in [0.4, 0.5) is 5.82 Å². The fraction of sp³-hybridized carbons (Fsp3) is 0.188. The predicted molar refractivity (Wildman–Crippen MR) is 93.4 cm³/mol. The number of nitrogens with two attached hydrogens (primary N) is 1. The van der Waals surface area contributed by atoms with E-state index in [-0.39, 0.29) is 0 Å². The molecule has 5 heteroatoms. The Morgan fingerprint density at radius 1 is 1.33 bits per heavy atom. The van der Waals surface area contributed by atoms with Crippen LogP contribution >= 0.6 is 27.3 Å². The lowest BCUT2D eigenvalue weighted by Gasteiger charge is -2.05. The third kappa shape index (κ3) is 2.51. The molecule has 0 aliphatic heterocycles. The highest BCUT2D eigenvalue weighted by Gasteiger charge is 2.20. The standard InChI is InChI=1S/C16H16BrN3S/c1-3-10-7-8-21-15(10)14-13(16(18)20(2)19-14)11-5-4-6-12(17)9-11/h4-9H,3,18H2,1-2H3. The molecule has 0 amide bonds. The Balaban J connectivity index is 2.26. The van der Waals surface area contributed by atoms with Gasteiger partial charge in [0.25, 0.3) is 0 Å². The minimum absolute atomic E-state index is 0.693. The smallest absolute Gasteiger partial charge is 0.129 e. The number of benzene rings is 1. The second-order valence-corrected chi connectivity index (χ2v) is 6.70. The molecule has 21 heavy (non-hydrogen) atoms. The Morgan fingerprint density at radius 2 is 2.14 bits per heavy atom. The van der Waals surface area contributed by atoms with Crippen molar-refractivity contribution in [1.29, 1.82) is 0 Å². The zero-order valence-corrected chi connectivity index (χ0v) is 14.3. The van der Waals surface area contributed by atoms with Crippen LogP contribution in [0.1, 0.15) is 12.5 Å². The summed E-state index contributed by atoms with van der Waals surface area (Å²) in [5.41, 5.74) is 10.7. The van der Waals surface area contributed by atoms with Gasteiger partial charge in [0.15, 0.2) is 0 Å². The van der Waals surface area contributed by atoms with Gasteiger partial charge in [-0.05, 0) is 41.1 Å². The minimum atomic E-state index is 0.693. The third-order valence-electron chi connectivity index (χ3n) is 3.55. The molecule has 0 saturated carbocycles. The van der Waals surface area contributed by atoms with Crippen molar-refractivity contribution in [2.45, 2.75) is 13.3 Å². The van der Waals surface area contributed by atoms with Gasteiger partial charge in [-0.2, -0.15) is 5.10 Å². The van der Waals surface area contributed by atoms with Gasteiger partial charge in [-0.1, -0.05) is 35.0 Å². The molecule has 0 unspecified atom stereocenters. The summed E-state index contributed by atoms with van der Waals surface area (Å²) >= 11 is 5.25. The van der Waals surface area contributed by atoms with Gasteiger partial charge in [-0.15, -0.1) is 11.3 Å². The molecular weight excluding hydrogens is 346 g/mol. The molecule has 0 bridgehead atoms. The number of halogens is 1. The highest BCUT2D eigenvalue weighted by atomic mass is 79.9. The summed E-state index contributed by atoms with van der Waals surface area (Å²) in [6, 6.07) is 10.3. The molecule has 3 nitrogen and oxygen atoms in total.